The van der Waals surface area contributed by atoms with Crippen LogP contribution in [0, 0.1) is 22.9 Å². The summed E-state index contributed by atoms with van der Waals surface area (Å²) in [5.41, 5.74) is 1.46. The van der Waals surface area contributed by atoms with Crippen molar-refractivity contribution in [2.45, 2.75) is 12.7 Å². The summed E-state index contributed by atoms with van der Waals surface area (Å²) < 4.78 is 13.4. The molecular formula is C17H17FN2O3S. The number of aryl methyl sites for hydroxylation is 1. The largest absolute Gasteiger partial charge is 0.351 e. The summed E-state index contributed by atoms with van der Waals surface area (Å²) in [6, 6.07) is 10.9. The van der Waals surface area contributed by atoms with Gasteiger partial charge in [-0.1, -0.05) is 18.2 Å². The fraction of sp³-hybridized carbons (Fsp3) is 0.235. The SMILES string of the molecule is Cc1cc(C(=O)NCCSCc2ccccc2F)ccc1[N+](=O)[O-]. The highest BCUT2D eigenvalue weighted by molar-refractivity contribution is 7.98. The summed E-state index contributed by atoms with van der Waals surface area (Å²) in [6.45, 7) is 2.03. The molecule has 7 heteroatoms. The molecule has 0 atom stereocenters. The summed E-state index contributed by atoms with van der Waals surface area (Å²) in [5.74, 6) is 0.681. The molecule has 0 unspecified atom stereocenters. The van der Waals surface area contributed by atoms with Gasteiger partial charge in [-0.2, -0.15) is 11.8 Å². The number of amides is 1. The lowest BCUT2D eigenvalue weighted by Gasteiger charge is -2.07. The summed E-state index contributed by atoms with van der Waals surface area (Å²) >= 11 is 1.52. The number of nitro benzene ring substituents is 1. The molecule has 0 aromatic heterocycles. The average molecular weight is 348 g/mol. The molecule has 5 nitrogen and oxygen atoms in total. The van der Waals surface area contributed by atoms with Gasteiger partial charge in [-0.05, 0) is 30.7 Å². The molecule has 0 saturated carbocycles. The van der Waals surface area contributed by atoms with Gasteiger partial charge in [0.1, 0.15) is 5.82 Å². The molecule has 0 radical (unpaired) electrons. The number of halogens is 1. The van der Waals surface area contributed by atoms with Gasteiger partial charge in [0.15, 0.2) is 0 Å². The Balaban J connectivity index is 1.78. The molecule has 1 amide bonds. The van der Waals surface area contributed by atoms with Gasteiger partial charge in [-0.15, -0.1) is 0 Å². The molecule has 1 N–H and O–H groups in total. The molecular weight excluding hydrogens is 331 g/mol. The second kappa shape index (κ2) is 8.44. The van der Waals surface area contributed by atoms with Crippen molar-refractivity contribution in [2.75, 3.05) is 12.3 Å². The number of benzene rings is 2. The topological polar surface area (TPSA) is 72.2 Å². The summed E-state index contributed by atoms with van der Waals surface area (Å²) in [5, 5.41) is 13.5. The quantitative estimate of drug-likeness (QED) is 0.470. The van der Waals surface area contributed by atoms with E-state index >= 15 is 0 Å². The van der Waals surface area contributed by atoms with Crippen LogP contribution in [0.3, 0.4) is 0 Å². The van der Waals surface area contributed by atoms with E-state index in [-0.39, 0.29) is 17.4 Å². The van der Waals surface area contributed by atoms with Crippen LogP contribution in [0.15, 0.2) is 42.5 Å². The van der Waals surface area contributed by atoms with E-state index < -0.39 is 4.92 Å². The van der Waals surface area contributed by atoms with Gasteiger partial charge in [0, 0.05) is 35.2 Å². The van der Waals surface area contributed by atoms with Gasteiger partial charge in [-0.3, -0.25) is 14.9 Å². The predicted octanol–water partition coefficient (Wildman–Crippen LogP) is 3.71. The first-order chi connectivity index (χ1) is 11.5. The second-order valence-corrected chi connectivity index (χ2v) is 6.26. The Bertz CT molecular complexity index is 752. The third-order valence-electron chi connectivity index (χ3n) is 3.40. The van der Waals surface area contributed by atoms with Crippen LogP contribution in [0.5, 0.6) is 0 Å². The lowest BCUT2D eigenvalue weighted by molar-refractivity contribution is -0.385. The highest BCUT2D eigenvalue weighted by Gasteiger charge is 2.13. The van der Waals surface area contributed by atoms with E-state index in [9.17, 15) is 19.3 Å². The summed E-state index contributed by atoms with van der Waals surface area (Å²) in [7, 11) is 0. The lowest BCUT2D eigenvalue weighted by atomic mass is 10.1. The summed E-state index contributed by atoms with van der Waals surface area (Å²) in [6.07, 6.45) is 0. The van der Waals surface area contributed by atoms with Crippen molar-refractivity contribution < 1.29 is 14.1 Å². The van der Waals surface area contributed by atoms with Crippen molar-refractivity contribution in [3.8, 4) is 0 Å². The maximum absolute atomic E-state index is 13.4. The van der Waals surface area contributed by atoms with Crippen molar-refractivity contribution in [3.63, 3.8) is 0 Å². The van der Waals surface area contributed by atoms with E-state index in [0.717, 1.165) is 0 Å². The minimum Gasteiger partial charge on any atom is -0.351 e. The van der Waals surface area contributed by atoms with Crippen LogP contribution in [-0.4, -0.2) is 23.1 Å². The zero-order valence-corrected chi connectivity index (χ0v) is 13.9. The maximum atomic E-state index is 13.4. The normalized spacial score (nSPS) is 10.4. The molecule has 0 aliphatic rings. The van der Waals surface area contributed by atoms with E-state index in [4.69, 9.17) is 0 Å². The number of thioether (sulfide) groups is 1. The molecule has 0 heterocycles. The molecule has 2 aromatic rings. The van der Waals surface area contributed by atoms with Crippen LogP contribution in [0.4, 0.5) is 10.1 Å². The molecule has 2 aromatic carbocycles. The maximum Gasteiger partial charge on any atom is 0.272 e. The molecule has 0 fully saturated rings. The van der Waals surface area contributed by atoms with E-state index in [1.807, 2.05) is 0 Å². The molecule has 0 bridgehead atoms. The lowest BCUT2D eigenvalue weighted by Crippen LogP contribution is -2.25. The predicted molar refractivity (Wildman–Crippen MR) is 92.7 cm³/mol. The zero-order chi connectivity index (χ0) is 17.5. The fourth-order valence-electron chi connectivity index (χ4n) is 2.14. The van der Waals surface area contributed by atoms with E-state index in [1.54, 1.807) is 25.1 Å². The molecule has 2 rings (SSSR count). The van der Waals surface area contributed by atoms with Gasteiger partial charge >= 0.3 is 0 Å². The van der Waals surface area contributed by atoms with Crippen LogP contribution in [-0.2, 0) is 5.75 Å². The Kier molecular flexibility index (Phi) is 6.31. The van der Waals surface area contributed by atoms with E-state index in [2.05, 4.69) is 5.32 Å². The highest BCUT2D eigenvalue weighted by atomic mass is 32.2. The molecule has 0 aliphatic carbocycles. The van der Waals surface area contributed by atoms with Crippen LogP contribution in [0.2, 0.25) is 0 Å². The van der Waals surface area contributed by atoms with Gasteiger partial charge in [0.25, 0.3) is 11.6 Å². The van der Waals surface area contributed by atoms with Crippen LogP contribution < -0.4 is 5.32 Å². The third-order valence-corrected chi connectivity index (χ3v) is 4.41. The van der Waals surface area contributed by atoms with Crippen molar-refractivity contribution in [2.24, 2.45) is 0 Å². The third kappa shape index (κ3) is 4.79. The number of hydrogen-bond donors (Lipinski definition) is 1. The number of rotatable bonds is 7. The smallest absolute Gasteiger partial charge is 0.272 e. The number of carbonyl (C=O) groups excluding carboxylic acids is 1. The monoisotopic (exact) mass is 348 g/mol. The van der Waals surface area contributed by atoms with Crippen molar-refractivity contribution >= 4 is 23.4 Å². The number of hydrogen-bond acceptors (Lipinski definition) is 4. The van der Waals surface area contributed by atoms with Gasteiger partial charge < -0.3 is 5.32 Å². The first-order valence-electron chi connectivity index (χ1n) is 7.33. The fourth-order valence-corrected chi connectivity index (χ4v) is 2.98. The Morgan fingerprint density at radius 3 is 2.71 bits per heavy atom. The Hall–Kier alpha value is -2.41. The number of nitro groups is 1. The number of nitrogens with one attached hydrogen (secondary N) is 1. The van der Waals surface area contributed by atoms with E-state index in [1.165, 1.54) is 36.0 Å². The van der Waals surface area contributed by atoms with Gasteiger partial charge in [0.05, 0.1) is 4.92 Å². The number of carbonyl (C=O) groups is 1. The first-order valence-corrected chi connectivity index (χ1v) is 8.49. The highest BCUT2D eigenvalue weighted by Crippen LogP contribution is 2.19. The van der Waals surface area contributed by atoms with Crippen LogP contribution in [0.25, 0.3) is 0 Å². The Morgan fingerprint density at radius 2 is 2.04 bits per heavy atom. The minimum absolute atomic E-state index is 0.00741. The average Bonchev–Trinajstić information content (AvgIpc) is 2.55. The van der Waals surface area contributed by atoms with Crippen molar-refractivity contribution in [1.82, 2.24) is 5.32 Å². The molecule has 0 spiro atoms. The summed E-state index contributed by atoms with van der Waals surface area (Å²) in [4.78, 5) is 22.3. The van der Waals surface area contributed by atoms with Crippen molar-refractivity contribution in [1.29, 1.82) is 0 Å². The Morgan fingerprint density at radius 1 is 1.29 bits per heavy atom. The second-order valence-electron chi connectivity index (χ2n) is 5.16. The van der Waals surface area contributed by atoms with Crippen molar-refractivity contribution in [3.05, 3.63) is 75.1 Å². The van der Waals surface area contributed by atoms with Gasteiger partial charge in [0.2, 0.25) is 0 Å². The molecule has 0 saturated heterocycles. The minimum atomic E-state index is -0.476. The first kappa shape index (κ1) is 17.9. The zero-order valence-electron chi connectivity index (χ0n) is 13.1. The van der Waals surface area contributed by atoms with Gasteiger partial charge in [-0.25, -0.2) is 4.39 Å². The van der Waals surface area contributed by atoms with E-state index in [0.29, 0.717) is 34.7 Å². The number of nitrogens with zero attached hydrogens (tertiary/aromatic N) is 1. The van der Waals surface area contributed by atoms with Crippen LogP contribution in [0.1, 0.15) is 21.5 Å². The molecule has 0 aliphatic heterocycles. The Labute approximate surface area is 143 Å². The molecule has 24 heavy (non-hydrogen) atoms. The van der Waals surface area contributed by atoms with Crippen LogP contribution >= 0.6 is 11.8 Å². The standard InChI is InChI=1S/C17H17FN2O3S/c1-12-10-13(6-7-16(12)20(22)23)17(21)19-8-9-24-11-14-4-2-3-5-15(14)18/h2-7,10H,8-9,11H2,1H3,(H,19,21). The molecule has 126 valence electrons.